The van der Waals surface area contributed by atoms with Crippen molar-refractivity contribution in [3.05, 3.63) is 34.9 Å². The molecule has 2 heteroatoms. The van der Waals surface area contributed by atoms with Crippen molar-refractivity contribution in [3.63, 3.8) is 0 Å². The first-order chi connectivity index (χ1) is 7.41. The maximum Gasteiger partial charge on any atom is 0.179 e. The lowest BCUT2D eigenvalue weighted by molar-refractivity contribution is 0.0950. The quantitative estimate of drug-likeness (QED) is 0.791. The van der Waals surface area contributed by atoms with Crippen LogP contribution in [0.25, 0.3) is 0 Å². The predicted molar refractivity (Wildman–Crippen MR) is 67.7 cm³/mol. The first-order valence-corrected chi connectivity index (χ1v) is 5.79. The highest BCUT2D eigenvalue weighted by molar-refractivity contribution is 6.01. The van der Waals surface area contributed by atoms with Crippen LogP contribution >= 0.6 is 0 Å². The Morgan fingerprint density at radius 3 is 2.50 bits per heavy atom. The van der Waals surface area contributed by atoms with Crippen LogP contribution in [0.4, 0.5) is 0 Å². The molecule has 0 fully saturated rings. The third-order valence-electron chi connectivity index (χ3n) is 2.72. The van der Waals surface area contributed by atoms with E-state index in [4.69, 9.17) is 5.73 Å². The van der Waals surface area contributed by atoms with Gasteiger partial charge in [-0.3, -0.25) is 4.79 Å². The third kappa shape index (κ3) is 3.17. The monoisotopic (exact) mass is 219 g/mol. The Morgan fingerprint density at radius 2 is 1.94 bits per heavy atom. The van der Waals surface area contributed by atoms with Crippen molar-refractivity contribution in [2.75, 3.05) is 0 Å². The average Bonchev–Trinajstić information content (AvgIpc) is 2.19. The van der Waals surface area contributed by atoms with Crippen LogP contribution in [0.1, 0.15) is 41.8 Å². The molecule has 88 valence electrons. The predicted octanol–water partition coefficient (Wildman–Crippen LogP) is 2.86. The summed E-state index contributed by atoms with van der Waals surface area (Å²) in [5.74, 6) is 0.513. The number of aryl methyl sites for hydroxylation is 2. The first kappa shape index (κ1) is 12.9. The van der Waals surface area contributed by atoms with E-state index in [0.29, 0.717) is 5.92 Å². The molecule has 0 unspecified atom stereocenters. The number of hydrogen-bond donors (Lipinski definition) is 1. The number of benzene rings is 1. The molecule has 0 aliphatic carbocycles. The van der Waals surface area contributed by atoms with Gasteiger partial charge < -0.3 is 5.73 Å². The first-order valence-electron chi connectivity index (χ1n) is 5.79. The van der Waals surface area contributed by atoms with Gasteiger partial charge in [0.05, 0.1) is 6.04 Å². The minimum atomic E-state index is -0.375. The summed E-state index contributed by atoms with van der Waals surface area (Å²) in [6.45, 7) is 8.10. The highest BCUT2D eigenvalue weighted by Gasteiger charge is 2.18. The smallest absolute Gasteiger partial charge is 0.179 e. The van der Waals surface area contributed by atoms with Crippen molar-refractivity contribution in [1.29, 1.82) is 0 Å². The standard InChI is InChI=1S/C14H21NO/c1-9(2)7-13(15)14(16)12-8-10(3)5-6-11(12)4/h5-6,8-9,13H,7,15H2,1-4H3/t13-/m0/s1. The zero-order valence-corrected chi connectivity index (χ0v) is 10.6. The molecule has 0 heterocycles. The molecule has 0 bridgehead atoms. The molecule has 1 aromatic carbocycles. The zero-order valence-electron chi connectivity index (χ0n) is 10.6. The van der Waals surface area contributed by atoms with Crippen LogP contribution in [0.2, 0.25) is 0 Å². The summed E-state index contributed by atoms with van der Waals surface area (Å²) in [6.07, 6.45) is 0.742. The van der Waals surface area contributed by atoms with Crippen molar-refractivity contribution >= 4 is 5.78 Å². The Kier molecular flexibility index (Phi) is 4.25. The van der Waals surface area contributed by atoms with Gasteiger partial charge in [-0.05, 0) is 37.8 Å². The molecule has 0 amide bonds. The molecule has 1 aromatic rings. The molecule has 16 heavy (non-hydrogen) atoms. The fraction of sp³-hybridized carbons (Fsp3) is 0.500. The zero-order chi connectivity index (χ0) is 12.3. The molecule has 0 radical (unpaired) electrons. The van der Waals surface area contributed by atoms with Crippen LogP contribution in [0.15, 0.2) is 18.2 Å². The molecule has 0 aliphatic heterocycles. The topological polar surface area (TPSA) is 43.1 Å². The fourth-order valence-electron chi connectivity index (χ4n) is 1.82. The van der Waals surface area contributed by atoms with Gasteiger partial charge in [-0.15, -0.1) is 0 Å². The number of ketones is 1. The van der Waals surface area contributed by atoms with Crippen LogP contribution in [-0.4, -0.2) is 11.8 Å². The van der Waals surface area contributed by atoms with E-state index in [1.165, 1.54) is 0 Å². The fourth-order valence-corrected chi connectivity index (χ4v) is 1.82. The Hall–Kier alpha value is -1.15. The lowest BCUT2D eigenvalue weighted by Crippen LogP contribution is -2.32. The number of carbonyl (C=O) groups is 1. The molecule has 2 N–H and O–H groups in total. The molecule has 0 spiro atoms. The van der Waals surface area contributed by atoms with E-state index < -0.39 is 0 Å². The molecule has 0 aliphatic rings. The number of hydrogen-bond acceptors (Lipinski definition) is 2. The highest BCUT2D eigenvalue weighted by atomic mass is 16.1. The summed E-state index contributed by atoms with van der Waals surface area (Å²) in [4.78, 5) is 12.1. The molecular weight excluding hydrogens is 198 g/mol. The molecule has 0 saturated heterocycles. The Labute approximate surface area is 97.9 Å². The third-order valence-corrected chi connectivity index (χ3v) is 2.72. The number of Topliss-reactive ketones (excluding diaryl/α,β-unsaturated/α-hetero) is 1. The summed E-state index contributed by atoms with van der Waals surface area (Å²) in [5, 5.41) is 0. The maximum atomic E-state index is 12.1. The number of nitrogens with two attached hydrogens (primary N) is 1. The maximum absolute atomic E-state index is 12.1. The van der Waals surface area contributed by atoms with Gasteiger partial charge in [0.1, 0.15) is 0 Å². The van der Waals surface area contributed by atoms with Gasteiger partial charge in [-0.2, -0.15) is 0 Å². The van der Waals surface area contributed by atoms with Crippen LogP contribution < -0.4 is 5.73 Å². The van der Waals surface area contributed by atoms with Crippen LogP contribution in [0, 0.1) is 19.8 Å². The van der Waals surface area contributed by atoms with E-state index in [9.17, 15) is 4.79 Å². The van der Waals surface area contributed by atoms with Gasteiger partial charge in [0.15, 0.2) is 5.78 Å². The minimum Gasteiger partial charge on any atom is -0.321 e. The van der Waals surface area contributed by atoms with E-state index in [-0.39, 0.29) is 11.8 Å². The highest BCUT2D eigenvalue weighted by Crippen LogP contribution is 2.15. The summed E-state index contributed by atoms with van der Waals surface area (Å²) in [6, 6.07) is 5.54. The van der Waals surface area contributed by atoms with Gasteiger partial charge in [-0.25, -0.2) is 0 Å². The lowest BCUT2D eigenvalue weighted by atomic mass is 9.93. The van der Waals surface area contributed by atoms with Crippen LogP contribution in [0.3, 0.4) is 0 Å². The minimum absolute atomic E-state index is 0.0647. The van der Waals surface area contributed by atoms with Crippen molar-refractivity contribution in [2.24, 2.45) is 11.7 Å². The second-order valence-electron chi connectivity index (χ2n) is 4.92. The summed E-state index contributed by atoms with van der Waals surface area (Å²) in [7, 11) is 0. The molecular formula is C14H21NO. The molecule has 2 nitrogen and oxygen atoms in total. The molecule has 0 aromatic heterocycles. The summed E-state index contributed by atoms with van der Waals surface area (Å²) >= 11 is 0. The van der Waals surface area contributed by atoms with Gasteiger partial charge in [-0.1, -0.05) is 31.5 Å². The largest absolute Gasteiger partial charge is 0.321 e. The van der Waals surface area contributed by atoms with Crippen molar-refractivity contribution < 1.29 is 4.79 Å². The van der Waals surface area contributed by atoms with Crippen molar-refractivity contribution in [3.8, 4) is 0 Å². The van der Waals surface area contributed by atoms with E-state index >= 15 is 0 Å². The number of carbonyl (C=O) groups excluding carboxylic acids is 1. The van der Waals surface area contributed by atoms with Gasteiger partial charge in [0.2, 0.25) is 0 Å². The Bertz CT molecular complexity index is 382. The Balaban J connectivity index is 2.91. The summed E-state index contributed by atoms with van der Waals surface area (Å²) < 4.78 is 0. The van der Waals surface area contributed by atoms with Crippen molar-refractivity contribution in [2.45, 2.75) is 40.2 Å². The summed E-state index contributed by atoms with van der Waals surface area (Å²) in [5.41, 5.74) is 8.80. The second kappa shape index (κ2) is 5.26. The molecule has 1 atom stereocenters. The number of rotatable bonds is 4. The average molecular weight is 219 g/mol. The Morgan fingerprint density at radius 1 is 1.31 bits per heavy atom. The molecule has 0 saturated carbocycles. The van der Waals surface area contributed by atoms with E-state index in [0.717, 1.165) is 23.1 Å². The van der Waals surface area contributed by atoms with Crippen LogP contribution in [-0.2, 0) is 0 Å². The van der Waals surface area contributed by atoms with Gasteiger partial charge in [0.25, 0.3) is 0 Å². The van der Waals surface area contributed by atoms with Crippen LogP contribution in [0.5, 0.6) is 0 Å². The lowest BCUT2D eigenvalue weighted by Gasteiger charge is -2.14. The second-order valence-corrected chi connectivity index (χ2v) is 4.92. The SMILES string of the molecule is Cc1ccc(C)c(C(=O)[C@@H](N)CC(C)C)c1. The van der Waals surface area contributed by atoms with E-state index in [2.05, 4.69) is 13.8 Å². The van der Waals surface area contributed by atoms with Gasteiger partial charge >= 0.3 is 0 Å². The normalized spacial score (nSPS) is 12.9. The van der Waals surface area contributed by atoms with E-state index in [1.54, 1.807) is 0 Å². The van der Waals surface area contributed by atoms with Gasteiger partial charge in [0, 0.05) is 5.56 Å². The molecule has 1 rings (SSSR count). The van der Waals surface area contributed by atoms with E-state index in [1.807, 2.05) is 32.0 Å². The van der Waals surface area contributed by atoms with Crippen molar-refractivity contribution in [1.82, 2.24) is 0 Å².